The van der Waals surface area contributed by atoms with E-state index in [4.69, 9.17) is 4.74 Å². The standard InChI is InChI=1S/C11H23N3O2/c1-13(11(15)3-10-16-2)8-9-14-6-4-12-5-7-14/h12H,3-10H2,1-2H3. The van der Waals surface area contributed by atoms with Crippen molar-refractivity contribution in [2.24, 2.45) is 0 Å². The maximum Gasteiger partial charge on any atom is 0.224 e. The molecule has 1 N–H and O–H groups in total. The summed E-state index contributed by atoms with van der Waals surface area (Å²) in [5, 5.41) is 3.31. The predicted molar refractivity (Wildman–Crippen MR) is 63.4 cm³/mol. The number of hydrogen-bond acceptors (Lipinski definition) is 4. The van der Waals surface area contributed by atoms with Crippen LogP contribution >= 0.6 is 0 Å². The Labute approximate surface area is 97.7 Å². The number of carbonyl (C=O) groups excluding carboxylic acids is 1. The van der Waals surface area contributed by atoms with Crippen molar-refractivity contribution in [2.45, 2.75) is 6.42 Å². The number of rotatable bonds is 6. The number of methoxy groups -OCH3 is 1. The van der Waals surface area contributed by atoms with Crippen molar-refractivity contribution in [2.75, 3.05) is 60.0 Å². The zero-order valence-corrected chi connectivity index (χ0v) is 10.4. The number of hydrogen-bond donors (Lipinski definition) is 1. The number of ether oxygens (including phenoxy) is 1. The second-order valence-electron chi connectivity index (χ2n) is 4.15. The van der Waals surface area contributed by atoms with Gasteiger partial charge in [0.15, 0.2) is 0 Å². The van der Waals surface area contributed by atoms with Crippen LogP contribution in [0.4, 0.5) is 0 Å². The highest BCUT2D eigenvalue weighted by molar-refractivity contribution is 5.75. The van der Waals surface area contributed by atoms with Gasteiger partial charge in [-0.2, -0.15) is 0 Å². The molecule has 0 aromatic rings. The van der Waals surface area contributed by atoms with Crippen molar-refractivity contribution >= 4 is 5.91 Å². The third-order valence-electron chi connectivity index (χ3n) is 2.91. The zero-order valence-electron chi connectivity index (χ0n) is 10.4. The van der Waals surface area contributed by atoms with Crippen LogP contribution in [0.2, 0.25) is 0 Å². The molecule has 5 nitrogen and oxygen atoms in total. The molecule has 0 radical (unpaired) electrons. The van der Waals surface area contributed by atoms with Crippen LogP contribution in [0.5, 0.6) is 0 Å². The number of piperazine rings is 1. The average molecular weight is 229 g/mol. The van der Waals surface area contributed by atoms with E-state index < -0.39 is 0 Å². The van der Waals surface area contributed by atoms with Gasteiger partial charge in [-0.05, 0) is 0 Å². The molecule has 1 aliphatic rings. The van der Waals surface area contributed by atoms with Gasteiger partial charge in [-0.3, -0.25) is 9.69 Å². The molecule has 0 aliphatic carbocycles. The van der Waals surface area contributed by atoms with E-state index in [0.29, 0.717) is 13.0 Å². The van der Waals surface area contributed by atoms with Crippen LogP contribution in [0.3, 0.4) is 0 Å². The molecule has 0 bridgehead atoms. The van der Waals surface area contributed by atoms with Crippen molar-refractivity contribution < 1.29 is 9.53 Å². The lowest BCUT2D eigenvalue weighted by molar-refractivity contribution is -0.131. The topological polar surface area (TPSA) is 44.8 Å². The number of nitrogens with zero attached hydrogens (tertiary/aromatic N) is 2. The van der Waals surface area contributed by atoms with Crippen molar-refractivity contribution in [3.05, 3.63) is 0 Å². The largest absolute Gasteiger partial charge is 0.384 e. The van der Waals surface area contributed by atoms with Gasteiger partial charge in [0.25, 0.3) is 0 Å². The molecule has 0 spiro atoms. The minimum absolute atomic E-state index is 0.164. The van der Waals surface area contributed by atoms with Crippen LogP contribution in [0.15, 0.2) is 0 Å². The molecule has 94 valence electrons. The van der Waals surface area contributed by atoms with E-state index in [0.717, 1.165) is 39.3 Å². The first-order valence-electron chi connectivity index (χ1n) is 5.90. The normalized spacial score (nSPS) is 17.4. The van der Waals surface area contributed by atoms with E-state index in [1.54, 1.807) is 12.0 Å². The maximum atomic E-state index is 11.6. The molecule has 0 saturated carbocycles. The number of carbonyl (C=O) groups is 1. The molecular formula is C11H23N3O2. The number of nitrogens with one attached hydrogen (secondary N) is 1. The van der Waals surface area contributed by atoms with Gasteiger partial charge in [0, 0.05) is 53.4 Å². The second kappa shape index (κ2) is 7.60. The van der Waals surface area contributed by atoms with Crippen LogP contribution in [0.25, 0.3) is 0 Å². The first-order chi connectivity index (χ1) is 7.74. The van der Waals surface area contributed by atoms with E-state index in [-0.39, 0.29) is 5.91 Å². The summed E-state index contributed by atoms with van der Waals surface area (Å²) in [7, 11) is 3.48. The third-order valence-corrected chi connectivity index (χ3v) is 2.91. The Bertz CT molecular complexity index is 205. The molecule has 0 atom stereocenters. The minimum atomic E-state index is 0.164. The molecule has 1 aliphatic heterocycles. The molecule has 0 unspecified atom stereocenters. The number of likely N-dealkylation sites (N-methyl/N-ethyl adjacent to an activating group) is 1. The van der Waals surface area contributed by atoms with E-state index in [1.165, 1.54) is 0 Å². The smallest absolute Gasteiger partial charge is 0.224 e. The Morgan fingerprint density at radius 3 is 2.75 bits per heavy atom. The van der Waals surface area contributed by atoms with E-state index in [9.17, 15) is 4.79 Å². The minimum Gasteiger partial charge on any atom is -0.384 e. The summed E-state index contributed by atoms with van der Waals surface area (Å²) in [5.74, 6) is 0.164. The molecule has 1 saturated heterocycles. The van der Waals surface area contributed by atoms with E-state index in [1.807, 2.05) is 7.05 Å². The summed E-state index contributed by atoms with van der Waals surface area (Å²) in [6.07, 6.45) is 0.481. The molecule has 1 amide bonds. The third kappa shape index (κ3) is 4.92. The summed E-state index contributed by atoms with van der Waals surface area (Å²) < 4.78 is 4.89. The average Bonchev–Trinajstić information content (AvgIpc) is 2.34. The first kappa shape index (κ1) is 13.4. The highest BCUT2D eigenvalue weighted by atomic mass is 16.5. The molecule has 16 heavy (non-hydrogen) atoms. The van der Waals surface area contributed by atoms with Gasteiger partial charge in [-0.25, -0.2) is 0 Å². The summed E-state index contributed by atoms with van der Waals surface area (Å²) in [4.78, 5) is 15.8. The van der Waals surface area contributed by atoms with Crippen molar-refractivity contribution in [3.8, 4) is 0 Å². The van der Waals surface area contributed by atoms with Gasteiger partial charge in [-0.1, -0.05) is 0 Å². The Balaban J connectivity index is 2.12. The maximum absolute atomic E-state index is 11.6. The molecule has 5 heteroatoms. The quantitative estimate of drug-likeness (QED) is 0.660. The fourth-order valence-corrected chi connectivity index (χ4v) is 1.73. The fraction of sp³-hybridized carbons (Fsp3) is 0.909. The molecule has 1 fully saturated rings. The molecule has 1 rings (SSSR count). The molecule has 1 heterocycles. The predicted octanol–water partition coefficient (Wildman–Crippen LogP) is -0.613. The van der Waals surface area contributed by atoms with Gasteiger partial charge in [-0.15, -0.1) is 0 Å². The second-order valence-corrected chi connectivity index (χ2v) is 4.15. The first-order valence-corrected chi connectivity index (χ1v) is 5.90. The van der Waals surface area contributed by atoms with Crippen molar-refractivity contribution in [3.63, 3.8) is 0 Å². The molecule has 0 aromatic carbocycles. The monoisotopic (exact) mass is 229 g/mol. The fourth-order valence-electron chi connectivity index (χ4n) is 1.73. The van der Waals surface area contributed by atoms with Gasteiger partial charge in [0.05, 0.1) is 13.0 Å². The highest BCUT2D eigenvalue weighted by Crippen LogP contribution is 1.95. The van der Waals surface area contributed by atoms with Crippen LogP contribution in [0, 0.1) is 0 Å². The Morgan fingerprint density at radius 2 is 2.12 bits per heavy atom. The lowest BCUT2D eigenvalue weighted by atomic mass is 10.3. The Morgan fingerprint density at radius 1 is 1.44 bits per heavy atom. The van der Waals surface area contributed by atoms with Gasteiger partial charge < -0.3 is 15.0 Å². The summed E-state index contributed by atoms with van der Waals surface area (Å²) in [6, 6.07) is 0. The summed E-state index contributed by atoms with van der Waals surface area (Å²) in [6.45, 7) is 6.57. The van der Waals surface area contributed by atoms with Crippen molar-refractivity contribution in [1.82, 2.24) is 15.1 Å². The van der Waals surface area contributed by atoms with Gasteiger partial charge >= 0.3 is 0 Å². The Hall–Kier alpha value is -0.650. The Kier molecular flexibility index (Phi) is 6.37. The van der Waals surface area contributed by atoms with Crippen molar-refractivity contribution in [1.29, 1.82) is 0 Å². The SMILES string of the molecule is COCCC(=O)N(C)CCN1CCNCC1. The van der Waals surface area contributed by atoms with Crippen LogP contribution in [0.1, 0.15) is 6.42 Å². The number of amides is 1. The summed E-state index contributed by atoms with van der Waals surface area (Å²) in [5.41, 5.74) is 0. The lowest BCUT2D eigenvalue weighted by Gasteiger charge is -2.29. The zero-order chi connectivity index (χ0) is 11.8. The van der Waals surface area contributed by atoms with Crippen LogP contribution in [-0.4, -0.2) is 75.7 Å². The van der Waals surface area contributed by atoms with Crippen LogP contribution < -0.4 is 5.32 Å². The summed E-state index contributed by atoms with van der Waals surface area (Å²) >= 11 is 0. The highest BCUT2D eigenvalue weighted by Gasteiger charge is 2.12. The van der Waals surface area contributed by atoms with Gasteiger partial charge in [0.1, 0.15) is 0 Å². The van der Waals surface area contributed by atoms with E-state index >= 15 is 0 Å². The van der Waals surface area contributed by atoms with E-state index in [2.05, 4.69) is 10.2 Å². The molecular weight excluding hydrogens is 206 g/mol. The van der Waals surface area contributed by atoms with Crippen LogP contribution in [-0.2, 0) is 9.53 Å². The molecule has 0 aromatic heterocycles. The van der Waals surface area contributed by atoms with Gasteiger partial charge in [0.2, 0.25) is 5.91 Å². The lowest BCUT2D eigenvalue weighted by Crippen LogP contribution is -2.46.